The van der Waals surface area contributed by atoms with Crippen molar-refractivity contribution < 1.29 is 26.8 Å². The molecule has 1 aliphatic heterocycles. The molecule has 15 heteroatoms. The number of nitrogens with zero attached hydrogens (tertiary/aromatic N) is 5. The molecule has 36 heavy (non-hydrogen) atoms. The number of hydrogen-bond donors (Lipinski definition) is 3. The minimum atomic E-state index is -3.96. The molecule has 2 aliphatic rings. The van der Waals surface area contributed by atoms with Gasteiger partial charge in [-0.2, -0.15) is 8.78 Å². The summed E-state index contributed by atoms with van der Waals surface area (Å²) in [5, 5.41) is 7.92. The SMILES string of the molecule is CC(C)CN1CCN(c2cc(S(=O)(=O)NC3(C)CC3)cn3c(C(=O)NNC(=O)C(F)F)nnc23)CC1. The van der Waals surface area contributed by atoms with Crippen LogP contribution in [0.2, 0.25) is 0 Å². The number of piperazine rings is 1. The van der Waals surface area contributed by atoms with E-state index in [4.69, 9.17) is 0 Å². The summed E-state index contributed by atoms with van der Waals surface area (Å²) in [6, 6.07) is 1.51. The van der Waals surface area contributed by atoms with Crippen LogP contribution in [-0.4, -0.2) is 84.4 Å². The number of anilines is 1. The summed E-state index contributed by atoms with van der Waals surface area (Å²) in [6.07, 6.45) is -0.689. The van der Waals surface area contributed by atoms with E-state index in [0.717, 1.165) is 19.6 Å². The van der Waals surface area contributed by atoms with Crippen LogP contribution in [0.3, 0.4) is 0 Å². The molecule has 3 heterocycles. The molecule has 0 unspecified atom stereocenters. The number of pyridine rings is 1. The topological polar surface area (TPSA) is 141 Å². The summed E-state index contributed by atoms with van der Waals surface area (Å²) in [7, 11) is -3.96. The Bertz CT molecular complexity index is 1250. The maximum absolute atomic E-state index is 13.2. The number of hydrazine groups is 1. The Morgan fingerprint density at radius 2 is 1.78 bits per heavy atom. The van der Waals surface area contributed by atoms with E-state index in [1.165, 1.54) is 16.7 Å². The van der Waals surface area contributed by atoms with Crippen LogP contribution in [0.25, 0.3) is 5.65 Å². The van der Waals surface area contributed by atoms with Gasteiger partial charge in [0.2, 0.25) is 15.8 Å². The number of hydrogen-bond acceptors (Lipinski definition) is 8. The molecule has 0 radical (unpaired) electrons. The number of sulfonamides is 1. The summed E-state index contributed by atoms with van der Waals surface area (Å²) in [4.78, 5) is 28.0. The van der Waals surface area contributed by atoms with E-state index in [9.17, 15) is 26.8 Å². The van der Waals surface area contributed by atoms with Gasteiger partial charge in [0.15, 0.2) is 5.65 Å². The van der Waals surface area contributed by atoms with Crippen LogP contribution in [0.4, 0.5) is 14.5 Å². The number of aromatic nitrogens is 3. The normalized spacial score (nSPS) is 18.1. The van der Waals surface area contributed by atoms with Gasteiger partial charge in [-0.3, -0.25) is 29.7 Å². The van der Waals surface area contributed by atoms with Gasteiger partial charge >= 0.3 is 18.2 Å². The van der Waals surface area contributed by atoms with Crippen LogP contribution in [0.15, 0.2) is 17.2 Å². The van der Waals surface area contributed by atoms with E-state index in [-0.39, 0.29) is 16.4 Å². The van der Waals surface area contributed by atoms with E-state index < -0.39 is 33.8 Å². The number of carbonyl (C=O) groups is 2. The summed E-state index contributed by atoms with van der Waals surface area (Å²) in [5.74, 6) is -2.58. The summed E-state index contributed by atoms with van der Waals surface area (Å²) in [5.41, 5.74) is 3.65. The average molecular weight is 529 g/mol. The molecule has 0 atom stereocenters. The number of halogens is 2. The summed E-state index contributed by atoms with van der Waals surface area (Å²) in [6.45, 7) is 9.78. The molecule has 2 aromatic heterocycles. The second kappa shape index (κ2) is 9.86. The van der Waals surface area contributed by atoms with E-state index in [1.54, 1.807) is 12.3 Å². The Labute approximate surface area is 207 Å². The number of alkyl halides is 2. The molecule has 4 rings (SSSR count). The lowest BCUT2D eigenvalue weighted by Crippen LogP contribution is -2.47. The molecule has 2 amide bonds. The second-order valence-electron chi connectivity index (χ2n) is 9.87. The lowest BCUT2D eigenvalue weighted by molar-refractivity contribution is -0.132. The zero-order chi connectivity index (χ0) is 26.3. The first-order chi connectivity index (χ1) is 16.9. The lowest BCUT2D eigenvalue weighted by atomic mass is 10.2. The predicted molar refractivity (Wildman–Crippen MR) is 126 cm³/mol. The highest BCUT2D eigenvalue weighted by atomic mass is 32.2. The highest BCUT2D eigenvalue weighted by molar-refractivity contribution is 7.89. The smallest absolute Gasteiger partial charge is 0.317 e. The Morgan fingerprint density at radius 1 is 1.11 bits per heavy atom. The molecule has 1 saturated heterocycles. The van der Waals surface area contributed by atoms with Crippen molar-refractivity contribution in [2.45, 2.75) is 50.5 Å². The van der Waals surface area contributed by atoms with E-state index in [0.29, 0.717) is 37.5 Å². The molecule has 12 nitrogen and oxygen atoms in total. The number of rotatable bonds is 8. The number of fused-ring (bicyclic) bond motifs is 1. The highest BCUT2D eigenvalue weighted by Crippen LogP contribution is 2.36. The molecule has 2 aromatic rings. The Kier molecular flexibility index (Phi) is 7.16. The van der Waals surface area contributed by atoms with Gasteiger partial charge in [0.05, 0.1) is 5.69 Å². The maximum Gasteiger partial charge on any atom is 0.317 e. The second-order valence-corrected chi connectivity index (χ2v) is 11.6. The van der Waals surface area contributed by atoms with Gasteiger partial charge in [0, 0.05) is 44.5 Å². The molecular weight excluding hydrogens is 498 g/mol. The fourth-order valence-corrected chi connectivity index (χ4v) is 5.56. The van der Waals surface area contributed by atoms with Crippen molar-refractivity contribution in [1.29, 1.82) is 0 Å². The molecule has 1 aliphatic carbocycles. The molecule has 1 saturated carbocycles. The van der Waals surface area contributed by atoms with Crippen molar-refractivity contribution in [3.05, 3.63) is 18.1 Å². The van der Waals surface area contributed by atoms with Crippen molar-refractivity contribution in [1.82, 2.24) is 35.1 Å². The van der Waals surface area contributed by atoms with Gasteiger partial charge < -0.3 is 4.90 Å². The van der Waals surface area contributed by atoms with Crippen LogP contribution in [0.5, 0.6) is 0 Å². The van der Waals surface area contributed by atoms with Gasteiger partial charge in [-0.05, 0) is 31.7 Å². The standard InChI is InChI=1S/C21H30F2N8O4S/c1-13(2)11-29-6-8-30(9-7-29)15-10-14(36(34,35)28-21(3)4-5-21)12-31-17(15)24-25-18(31)20(33)27-26-19(32)16(22)23/h10,12-13,16,28H,4-9,11H2,1-3H3,(H,26,32)(H,27,33). The molecule has 2 fully saturated rings. The fourth-order valence-electron chi connectivity index (χ4n) is 4.08. The molecular formula is C21H30F2N8O4S. The number of carbonyl (C=O) groups excluding carboxylic acids is 2. The Morgan fingerprint density at radius 3 is 2.36 bits per heavy atom. The quantitative estimate of drug-likeness (QED) is 0.417. The molecule has 3 N–H and O–H groups in total. The van der Waals surface area contributed by atoms with E-state index >= 15 is 0 Å². The number of nitrogens with one attached hydrogen (secondary N) is 3. The van der Waals surface area contributed by atoms with Crippen LogP contribution >= 0.6 is 0 Å². The number of amides is 2. The predicted octanol–water partition coefficient (Wildman–Crippen LogP) is 0.364. The van der Waals surface area contributed by atoms with Gasteiger partial charge in [-0.25, -0.2) is 13.1 Å². The first-order valence-corrected chi connectivity index (χ1v) is 13.2. The van der Waals surface area contributed by atoms with Crippen LogP contribution in [0.1, 0.15) is 44.2 Å². The van der Waals surface area contributed by atoms with Gasteiger partial charge in [-0.1, -0.05) is 13.8 Å². The minimum absolute atomic E-state index is 0.0896. The monoisotopic (exact) mass is 528 g/mol. The highest BCUT2D eigenvalue weighted by Gasteiger charge is 2.41. The molecule has 0 aromatic carbocycles. The third-order valence-corrected chi connectivity index (χ3v) is 7.79. The summed E-state index contributed by atoms with van der Waals surface area (Å²) < 4.78 is 55.2. The largest absolute Gasteiger partial charge is 0.366 e. The van der Waals surface area contributed by atoms with Crippen LogP contribution in [-0.2, 0) is 14.8 Å². The lowest BCUT2D eigenvalue weighted by Gasteiger charge is -2.36. The first kappa shape index (κ1) is 26.2. The zero-order valence-electron chi connectivity index (χ0n) is 20.3. The van der Waals surface area contributed by atoms with Crippen molar-refractivity contribution >= 4 is 33.2 Å². The van der Waals surface area contributed by atoms with Crippen molar-refractivity contribution in [2.75, 3.05) is 37.6 Å². The van der Waals surface area contributed by atoms with Crippen LogP contribution in [0, 0.1) is 5.92 Å². The van der Waals surface area contributed by atoms with E-state index in [2.05, 4.69) is 33.7 Å². The van der Waals surface area contributed by atoms with Crippen molar-refractivity contribution in [3.8, 4) is 0 Å². The average Bonchev–Trinajstić information content (AvgIpc) is 3.36. The third-order valence-electron chi connectivity index (χ3n) is 6.19. The maximum atomic E-state index is 13.2. The Hall–Kier alpha value is -2.91. The fraction of sp³-hybridized carbons (Fsp3) is 0.619. The van der Waals surface area contributed by atoms with Gasteiger partial charge in [0.25, 0.3) is 0 Å². The van der Waals surface area contributed by atoms with Gasteiger partial charge in [0.1, 0.15) is 4.90 Å². The first-order valence-electron chi connectivity index (χ1n) is 11.7. The minimum Gasteiger partial charge on any atom is -0.366 e. The molecule has 0 spiro atoms. The molecule has 0 bridgehead atoms. The van der Waals surface area contributed by atoms with Crippen LogP contribution < -0.4 is 20.5 Å². The van der Waals surface area contributed by atoms with Crippen molar-refractivity contribution in [3.63, 3.8) is 0 Å². The van der Waals surface area contributed by atoms with Crippen molar-refractivity contribution in [2.24, 2.45) is 5.92 Å². The van der Waals surface area contributed by atoms with Gasteiger partial charge in [-0.15, -0.1) is 10.2 Å². The summed E-state index contributed by atoms with van der Waals surface area (Å²) >= 11 is 0. The molecule has 198 valence electrons. The Balaban J connectivity index is 1.69. The van der Waals surface area contributed by atoms with E-state index in [1.807, 2.05) is 10.3 Å². The third kappa shape index (κ3) is 5.73. The zero-order valence-corrected chi connectivity index (χ0v) is 21.1.